The van der Waals surface area contributed by atoms with Crippen LogP contribution < -0.4 is 20.3 Å². The first kappa shape index (κ1) is 15.9. The molecule has 0 saturated heterocycles. The van der Waals surface area contributed by atoms with Crippen molar-refractivity contribution in [3.8, 4) is 11.5 Å². The van der Waals surface area contributed by atoms with Gasteiger partial charge in [0.2, 0.25) is 6.79 Å². The molecular formula is C16H18BrN3O3. The second-order valence-corrected chi connectivity index (χ2v) is 6.90. The Morgan fingerprint density at radius 2 is 2.09 bits per heavy atom. The van der Waals surface area contributed by atoms with Crippen LogP contribution in [0.15, 0.2) is 33.7 Å². The molecule has 0 atom stereocenters. The van der Waals surface area contributed by atoms with Crippen LogP contribution in [0.25, 0.3) is 0 Å². The van der Waals surface area contributed by atoms with Crippen molar-refractivity contribution < 1.29 is 9.47 Å². The highest BCUT2D eigenvalue weighted by Crippen LogP contribution is 2.36. The van der Waals surface area contributed by atoms with Crippen LogP contribution in [0.2, 0.25) is 0 Å². The summed E-state index contributed by atoms with van der Waals surface area (Å²) >= 11 is 3.32. The summed E-state index contributed by atoms with van der Waals surface area (Å²) in [5.41, 5.74) is 1.47. The number of halogens is 1. The topological polar surface area (TPSA) is 65.4 Å². The standard InChI is InChI=1S/C16H18BrN3O3/c1-16(2,10-4-5-12-13(6-10)23-9-22-12)8-18-11-7-19-20(3)15(21)14(11)17/h4-7,18H,8-9H2,1-3H3. The molecule has 0 amide bonds. The number of benzene rings is 1. The normalized spacial score (nSPS) is 13.2. The zero-order chi connectivity index (χ0) is 16.6. The van der Waals surface area contributed by atoms with E-state index in [9.17, 15) is 4.79 Å². The Balaban J connectivity index is 1.79. The summed E-state index contributed by atoms with van der Waals surface area (Å²) in [7, 11) is 1.62. The van der Waals surface area contributed by atoms with Gasteiger partial charge in [-0.05, 0) is 33.6 Å². The lowest BCUT2D eigenvalue weighted by molar-refractivity contribution is 0.174. The lowest BCUT2D eigenvalue weighted by Gasteiger charge is -2.26. The smallest absolute Gasteiger partial charge is 0.282 e. The third kappa shape index (κ3) is 3.06. The van der Waals surface area contributed by atoms with E-state index in [2.05, 4.69) is 40.2 Å². The first-order valence-electron chi connectivity index (χ1n) is 7.24. The van der Waals surface area contributed by atoms with Gasteiger partial charge in [0.1, 0.15) is 4.47 Å². The van der Waals surface area contributed by atoms with Crippen molar-refractivity contribution in [2.75, 3.05) is 18.7 Å². The number of ether oxygens (including phenoxy) is 2. The van der Waals surface area contributed by atoms with Crippen molar-refractivity contribution in [2.24, 2.45) is 7.05 Å². The van der Waals surface area contributed by atoms with E-state index in [4.69, 9.17) is 9.47 Å². The molecule has 2 heterocycles. The fourth-order valence-corrected chi connectivity index (χ4v) is 2.87. The monoisotopic (exact) mass is 379 g/mol. The van der Waals surface area contributed by atoms with Gasteiger partial charge in [-0.1, -0.05) is 19.9 Å². The Labute approximate surface area is 142 Å². The molecule has 23 heavy (non-hydrogen) atoms. The minimum atomic E-state index is -0.170. The van der Waals surface area contributed by atoms with Crippen molar-refractivity contribution >= 4 is 21.6 Å². The van der Waals surface area contributed by atoms with Gasteiger partial charge in [0, 0.05) is 19.0 Å². The van der Waals surface area contributed by atoms with Gasteiger partial charge < -0.3 is 14.8 Å². The number of anilines is 1. The Morgan fingerprint density at radius 1 is 1.35 bits per heavy atom. The van der Waals surface area contributed by atoms with E-state index in [1.165, 1.54) is 4.68 Å². The van der Waals surface area contributed by atoms with Crippen molar-refractivity contribution in [1.29, 1.82) is 0 Å². The van der Waals surface area contributed by atoms with Crippen molar-refractivity contribution in [3.05, 3.63) is 44.8 Å². The van der Waals surface area contributed by atoms with E-state index < -0.39 is 0 Å². The van der Waals surface area contributed by atoms with Crippen LogP contribution in [0.1, 0.15) is 19.4 Å². The molecule has 0 bridgehead atoms. The molecule has 0 spiro atoms. The van der Waals surface area contributed by atoms with Crippen molar-refractivity contribution in [1.82, 2.24) is 9.78 Å². The number of fused-ring (bicyclic) bond motifs is 1. The molecular weight excluding hydrogens is 362 g/mol. The number of hydrogen-bond donors (Lipinski definition) is 1. The molecule has 2 aromatic rings. The van der Waals surface area contributed by atoms with E-state index in [0.717, 1.165) is 17.1 Å². The summed E-state index contributed by atoms with van der Waals surface area (Å²) in [6.07, 6.45) is 1.64. The highest BCUT2D eigenvalue weighted by molar-refractivity contribution is 9.10. The summed E-state index contributed by atoms with van der Waals surface area (Å²) in [6.45, 7) is 5.16. The van der Waals surface area contributed by atoms with Crippen LogP contribution >= 0.6 is 15.9 Å². The maximum Gasteiger partial charge on any atom is 0.282 e. The molecule has 7 heteroatoms. The fraction of sp³-hybridized carbons (Fsp3) is 0.375. The number of nitrogens with zero attached hydrogens (tertiary/aromatic N) is 2. The van der Waals surface area contributed by atoms with Gasteiger partial charge in [0.15, 0.2) is 11.5 Å². The second kappa shape index (κ2) is 5.88. The molecule has 1 N–H and O–H groups in total. The maximum atomic E-state index is 11.9. The predicted octanol–water partition coefficient (Wildman–Crippen LogP) is 2.66. The molecule has 0 aliphatic carbocycles. The van der Waals surface area contributed by atoms with E-state index in [1.54, 1.807) is 13.2 Å². The predicted molar refractivity (Wildman–Crippen MR) is 91.3 cm³/mol. The zero-order valence-electron chi connectivity index (χ0n) is 13.2. The minimum absolute atomic E-state index is 0.165. The number of aryl methyl sites for hydroxylation is 1. The van der Waals surface area contributed by atoms with Gasteiger partial charge in [0.25, 0.3) is 5.56 Å². The minimum Gasteiger partial charge on any atom is -0.454 e. The van der Waals surface area contributed by atoms with Crippen molar-refractivity contribution in [3.63, 3.8) is 0 Å². The molecule has 0 radical (unpaired) electrons. The second-order valence-electron chi connectivity index (χ2n) is 6.11. The molecule has 3 rings (SSSR count). The van der Waals surface area contributed by atoms with Crippen LogP contribution in [-0.4, -0.2) is 23.1 Å². The lowest BCUT2D eigenvalue weighted by atomic mass is 9.84. The molecule has 1 aromatic heterocycles. The SMILES string of the molecule is Cn1ncc(NCC(C)(C)c2ccc3c(c2)OCO3)c(Br)c1=O. The molecule has 1 aliphatic heterocycles. The summed E-state index contributed by atoms with van der Waals surface area (Å²) in [6, 6.07) is 5.96. The Bertz CT molecular complexity index is 802. The van der Waals surface area contributed by atoms with Crippen molar-refractivity contribution in [2.45, 2.75) is 19.3 Å². The average molecular weight is 380 g/mol. The first-order chi connectivity index (χ1) is 10.9. The van der Waals surface area contributed by atoms with Crippen LogP contribution in [0.3, 0.4) is 0 Å². The van der Waals surface area contributed by atoms with Gasteiger partial charge in [-0.15, -0.1) is 0 Å². The van der Waals surface area contributed by atoms with Gasteiger partial charge in [-0.3, -0.25) is 4.79 Å². The average Bonchev–Trinajstić information content (AvgIpc) is 2.99. The number of aromatic nitrogens is 2. The maximum absolute atomic E-state index is 11.9. The van der Waals surface area contributed by atoms with Crippen LogP contribution in [0.4, 0.5) is 5.69 Å². The van der Waals surface area contributed by atoms with E-state index in [1.807, 2.05) is 18.2 Å². The largest absolute Gasteiger partial charge is 0.454 e. The molecule has 0 unspecified atom stereocenters. The highest BCUT2D eigenvalue weighted by Gasteiger charge is 2.24. The quantitative estimate of drug-likeness (QED) is 0.884. The van der Waals surface area contributed by atoms with Crippen LogP contribution in [-0.2, 0) is 12.5 Å². The van der Waals surface area contributed by atoms with Gasteiger partial charge in [0.05, 0.1) is 11.9 Å². The van der Waals surface area contributed by atoms with Gasteiger partial charge >= 0.3 is 0 Å². The first-order valence-corrected chi connectivity index (χ1v) is 8.03. The Hall–Kier alpha value is -2.02. The summed E-state index contributed by atoms with van der Waals surface area (Å²) < 4.78 is 12.6. The summed E-state index contributed by atoms with van der Waals surface area (Å²) in [4.78, 5) is 11.9. The van der Waals surface area contributed by atoms with Gasteiger partial charge in [-0.2, -0.15) is 5.10 Å². The molecule has 1 aliphatic rings. The van der Waals surface area contributed by atoms with Crippen LogP contribution in [0.5, 0.6) is 11.5 Å². The Kier molecular flexibility index (Phi) is 4.06. The Morgan fingerprint density at radius 3 is 2.87 bits per heavy atom. The molecule has 122 valence electrons. The third-order valence-electron chi connectivity index (χ3n) is 3.95. The fourth-order valence-electron chi connectivity index (χ4n) is 2.37. The lowest BCUT2D eigenvalue weighted by Crippen LogP contribution is -2.29. The van der Waals surface area contributed by atoms with Crippen LogP contribution in [0, 0.1) is 0 Å². The zero-order valence-corrected chi connectivity index (χ0v) is 14.8. The number of nitrogens with one attached hydrogen (secondary N) is 1. The van der Waals surface area contributed by atoms with E-state index >= 15 is 0 Å². The highest BCUT2D eigenvalue weighted by atomic mass is 79.9. The molecule has 6 nitrogen and oxygen atoms in total. The molecule has 0 saturated carbocycles. The van der Waals surface area contributed by atoms with E-state index in [0.29, 0.717) is 16.7 Å². The van der Waals surface area contributed by atoms with E-state index in [-0.39, 0.29) is 17.8 Å². The number of hydrogen-bond acceptors (Lipinski definition) is 5. The molecule has 0 fully saturated rings. The van der Waals surface area contributed by atoms with Gasteiger partial charge in [-0.25, -0.2) is 4.68 Å². The third-order valence-corrected chi connectivity index (χ3v) is 4.72. The molecule has 1 aromatic carbocycles. The summed E-state index contributed by atoms with van der Waals surface area (Å²) in [5, 5.41) is 7.33. The summed E-state index contributed by atoms with van der Waals surface area (Å²) in [5.74, 6) is 1.54. The number of rotatable bonds is 4.